The second-order valence-electron chi connectivity index (χ2n) is 9.26. The van der Waals surface area contributed by atoms with E-state index in [0.29, 0.717) is 12.0 Å². The molecule has 0 aliphatic heterocycles. The summed E-state index contributed by atoms with van der Waals surface area (Å²) < 4.78 is 0. The Labute approximate surface area is 221 Å². The number of rotatable bonds is 16. The Bertz CT molecular complexity index is 965. The highest BCUT2D eigenvalue weighted by atomic mass is 16.4. The summed E-state index contributed by atoms with van der Waals surface area (Å²) in [6.07, 6.45) is 0.746. The zero-order valence-corrected chi connectivity index (χ0v) is 21.6. The molecular formula is C24H39N7O7. The van der Waals surface area contributed by atoms with Crippen molar-refractivity contribution < 1.29 is 34.5 Å². The SMILES string of the molecule is CC(C)CC(NC(=O)C(CCCN=C(N)N)NC(=O)C(N)Cc1ccc(O)cc1)C(=O)NC(CO)C(=O)O. The smallest absolute Gasteiger partial charge is 0.328 e. The van der Waals surface area contributed by atoms with Crippen molar-refractivity contribution in [1.29, 1.82) is 0 Å². The summed E-state index contributed by atoms with van der Waals surface area (Å²) >= 11 is 0. The molecule has 0 spiro atoms. The van der Waals surface area contributed by atoms with Gasteiger partial charge >= 0.3 is 5.97 Å². The van der Waals surface area contributed by atoms with Gasteiger partial charge < -0.3 is 48.5 Å². The lowest BCUT2D eigenvalue weighted by molar-refractivity contribution is -0.143. The van der Waals surface area contributed by atoms with E-state index in [0.717, 1.165) is 0 Å². The number of nitrogens with two attached hydrogens (primary N) is 3. The Morgan fingerprint density at radius 3 is 2.00 bits per heavy atom. The van der Waals surface area contributed by atoms with Gasteiger partial charge in [-0.25, -0.2) is 4.79 Å². The lowest BCUT2D eigenvalue weighted by atomic mass is 10.0. The predicted octanol–water partition coefficient (Wildman–Crippen LogP) is -2.11. The first kappa shape index (κ1) is 32.1. The molecule has 0 aliphatic carbocycles. The van der Waals surface area contributed by atoms with Gasteiger partial charge in [-0.1, -0.05) is 26.0 Å². The van der Waals surface area contributed by atoms with Gasteiger partial charge in [-0.15, -0.1) is 0 Å². The summed E-state index contributed by atoms with van der Waals surface area (Å²) in [6, 6.07) is 1.39. The minimum absolute atomic E-state index is 0.0582. The van der Waals surface area contributed by atoms with E-state index in [1.54, 1.807) is 12.1 Å². The van der Waals surface area contributed by atoms with Gasteiger partial charge in [-0.2, -0.15) is 0 Å². The topological polar surface area (TPSA) is 255 Å². The molecule has 0 fully saturated rings. The van der Waals surface area contributed by atoms with Crippen molar-refractivity contribution in [2.75, 3.05) is 13.2 Å². The fraction of sp³-hybridized carbons (Fsp3) is 0.542. The number of hydrogen-bond donors (Lipinski definition) is 9. The van der Waals surface area contributed by atoms with Crippen LogP contribution in [-0.4, -0.2) is 82.3 Å². The summed E-state index contributed by atoms with van der Waals surface area (Å²) in [6.45, 7) is 2.98. The highest BCUT2D eigenvalue weighted by Crippen LogP contribution is 2.12. The minimum atomic E-state index is -1.54. The van der Waals surface area contributed by atoms with Crippen molar-refractivity contribution in [3.05, 3.63) is 29.8 Å². The number of carbonyl (C=O) groups excluding carboxylic acids is 3. The zero-order valence-electron chi connectivity index (χ0n) is 21.6. The van der Waals surface area contributed by atoms with E-state index < -0.39 is 54.5 Å². The number of guanidine groups is 1. The largest absolute Gasteiger partial charge is 0.508 e. The number of aliphatic imine (C=N–C) groups is 1. The zero-order chi connectivity index (χ0) is 28.8. The Morgan fingerprint density at radius 2 is 1.47 bits per heavy atom. The summed E-state index contributed by atoms with van der Waals surface area (Å²) in [5.74, 6) is -3.63. The van der Waals surface area contributed by atoms with E-state index in [1.807, 2.05) is 13.8 Å². The number of carbonyl (C=O) groups is 4. The van der Waals surface area contributed by atoms with Crippen molar-refractivity contribution >= 4 is 29.7 Å². The molecule has 0 heterocycles. The number of amides is 3. The number of hydrogen-bond acceptors (Lipinski definition) is 8. The molecule has 1 aromatic carbocycles. The molecule has 0 radical (unpaired) electrons. The van der Waals surface area contributed by atoms with Gasteiger partial charge in [0.1, 0.15) is 23.9 Å². The minimum Gasteiger partial charge on any atom is -0.508 e. The quantitative estimate of drug-likeness (QED) is 0.0630. The summed E-state index contributed by atoms with van der Waals surface area (Å²) in [5.41, 5.74) is 17.4. The average molecular weight is 538 g/mol. The molecule has 3 amide bonds. The molecule has 0 bridgehead atoms. The van der Waals surface area contributed by atoms with E-state index in [4.69, 9.17) is 22.3 Å². The number of carboxylic acids is 1. The van der Waals surface area contributed by atoms with Crippen LogP contribution < -0.4 is 33.2 Å². The van der Waals surface area contributed by atoms with Gasteiger partial charge in [-0.3, -0.25) is 19.4 Å². The van der Waals surface area contributed by atoms with E-state index in [9.17, 15) is 29.4 Å². The first-order valence-corrected chi connectivity index (χ1v) is 12.2. The molecular weight excluding hydrogens is 498 g/mol. The van der Waals surface area contributed by atoms with Gasteiger partial charge in [0.05, 0.1) is 12.6 Å². The molecule has 0 aliphatic rings. The number of phenolic OH excluding ortho intramolecular Hbond substituents is 1. The van der Waals surface area contributed by atoms with Gasteiger partial charge in [0, 0.05) is 6.54 Å². The third-order valence-corrected chi connectivity index (χ3v) is 5.44. The van der Waals surface area contributed by atoms with Crippen LogP contribution in [0.4, 0.5) is 0 Å². The standard InChI is InChI=1S/C24H39N7O7/c1-13(2)10-18(22(36)31-19(12-32)23(37)38)30-21(35)17(4-3-9-28-24(26)27)29-20(34)16(25)11-14-5-7-15(33)8-6-14/h5-8,13,16-19,32-33H,3-4,9-12,25H2,1-2H3,(H,29,34)(H,30,35)(H,31,36)(H,37,38)(H4,26,27,28). The highest BCUT2D eigenvalue weighted by molar-refractivity contribution is 5.94. The maximum atomic E-state index is 13.2. The normalized spacial score (nSPS) is 14.0. The number of aliphatic hydroxyl groups excluding tert-OH is 1. The Balaban J connectivity index is 3.01. The van der Waals surface area contributed by atoms with Gasteiger partial charge in [-0.05, 0) is 49.3 Å². The van der Waals surface area contributed by atoms with Crippen LogP contribution in [0.3, 0.4) is 0 Å². The molecule has 0 aromatic heterocycles. The Hall–Kier alpha value is -3.91. The van der Waals surface area contributed by atoms with Crippen LogP contribution in [0.2, 0.25) is 0 Å². The molecule has 0 saturated carbocycles. The molecule has 12 N–H and O–H groups in total. The Morgan fingerprint density at radius 1 is 0.921 bits per heavy atom. The number of nitrogens with zero attached hydrogens (tertiary/aromatic N) is 1. The molecule has 1 rings (SSSR count). The molecule has 1 aromatic rings. The van der Waals surface area contributed by atoms with E-state index in [-0.39, 0.29) is 43.4 Å². The molecule has 212 valence electrons. The van der Waals surface area contributed by atoms with Crippen molar-refractivity contribution in [3.63, 3.8) is 0 Å². The van der Waals surface area contributed by atoms with Gasteiger partial charge in [0.15, 0.2) is 5.96 Å². The van der Waals surface area contributed by atoms with Crippen LogP contribution in [0.1, 0.15) is 38.7 Å². The van der Waals surface area contributed by atoms with Crippen molar-refractivity contribution in [3.8, 4) is 5.75 Å². The second-order valence-corrected chi connectivity index (χ2v) is 9.26. The maximum Gasteiger partial charge on any atom is 0.328 e. The van der Waals surface area contributed by atoms with Gasteiger partial charge in [0.25, 0.3) is 0 Å². The first-order chi connectivity index (χ1) is 17.8. The number of aliphatic carboxylic acids is 1. The van der Waals surface area contributed by atoms with E-state index >= 15 is 0 Å². The first-order valence-electron chi connectivity index (χ1n) is 12.2. The van der Waals surface area contributed by atoms with Crippen LogP contribution in [0.15, 0.2) is 29.3 Å². The number of nitrogens with one attached hydrogen (secondary N) is 3. The molecule has 4 atom stereocenters. The molecule has 38 heavy (non-hydrogen) atoms. The highest BCUT2D eigenvalue weighted by Gasteiger charge is 2.30. The van der Waals surface area contributed by atoms with Crippen molar-refractivity contribution in [2.45, 2.75) is 63.7 Å². The fourth-order valence-electron chi connectivity index (χ4n) is 3.46. The van der Waals surface area contributed by atoms with E-state index in [2.05, 4.69) is 20.9 Å². The maximum absolute atomic E-state index is 13.2. The number of benzene rings is 1. The average Bonchev–Trinajstić information content (AvgIpc) is 2.84. The lowest BCUT2D eigenvalue weighted by Crippen LogP contribution is -2.57. The summed E-state index contributed by atoms with van der Waals surface area (Å²) in [4.78, 5) is 53.8. The van der Waals surface area contributed by atoms with E-state index in [1.165, 1.54) is 12.1 Å². The van der Waals surface area contributed by atoms with Crippen LogP contribution in [-0.2, 0) is 25.6 Å². The number of phenols is 1. The number of aromatic hydroxyl groups is 1. The monoisotopic (exact) mass is 537 g/mol. The fourth-order valence-corrected chi connectivity index (χ4v) is 3.46. The van der Waals surface area contributed by atoms with Crippen LogP contribution in [0, 0.1) is 5.92 Å². The van der Waals surface area contributed by atoms with Crippen molar-refractivity contribution in [1.82, 2.24) is 16.0 Å². The third kappa shape index (κ3) is 11.9. The molecule has 14 heteroatoms. The predicted molar refractivity (Wildman–Crippen MR) is 140 cm³/mol. The van der Waals surface area contributed by atoms with Crippen LogP contribution in [0.25, 0.3) is 0 Å². The van der Waals surface area contributed by atoms with Gasteiger partial charge in [0.2, 0.25) is 17.7 Å². The molecule has 4 unspecified atom stereocenters. The molecule has 14 nitrogen and oxygen atoms in total. The Kier molecular flexibility index (Phi) is 13.6. The second kappa shape index (κ2) is 16.0. The molecule has 0 saturated heterocycles. The number of carboxylic acid groups (broad SMARTS) is 1. The van der Waals surface area contributed by atoms with Crippen LogP contribution >= 0.6 is 0 Å². The van der Waals surface area contributed by atoms with Crippen molar-refractivity contribution in [2.24, 2.45) is 28.1 Å². The lowest BCUT2D eigenvalue weighted by Gasteiger charge is -2.26. The third-order valence-electron chi connectivity index (χ3n) is 5.44. The van der Waals surface area contributed by atoms with Crippen LogP contribution in [0.5, 0.6) is 5.75 Å². The summed E-state index contributed by atoms with van der Waals surface area (Å²) in [7, 11) is 0. The number of aliphatic hydroxyl groups is 1. The summed E-state index contributed by atoms with van der Waals surface area (Å²) in [5, 5.41) is 35.1.